The lowest BCUT2D eigenvalue weighted by molar-refractivity contribution is 0.0948. The standard InChI is InChI=1S/C11H15ClN2O2/c12-7-2-1-3-8-13-11(16)9-5-4-6-10(15)14-9/h4-6H,1-3,7-8H2,(H,13,16)(H,14,15). The molecule has 0 bridgehead atoms. The number of pyridine rings is 1. The Bertz CT molecular complexity index is 390. The normalized spacial score (nSPS) is 10.1. The molecule has 4 nitrogen and oxygen atoms in total. The van der Waals surface area contributed by atoms with Crippen LogP contribution < -0.4 is 10.9 Å². The minimum absolute atomic E-state index is 0.247. The lowest BCUT2D eigenvalue weighted by Gasteiger charge is -2.04. The SMILES string of the molecule is O=C(NCCCCCCl)c1cccc(=O)[nH]1. The quantitative estimate of drug-likeness (QED) is 0.587. The fraction of sp³-hybridized carbons (Fsp3) is 0.455. The van der Waals surface area contributed by atoms with E-state index in [1.54, 1.807) is 12.1 Å². The second kappa shape index (κ2) is 7.06. The van der Waals surface area contributed by atoms with Crippen LogP contribution in [0.15, 0.2) is 23.0 Å². The molecule has 0 fully saturated rings. The van der Waals surface area contributed by atoms with Crippen LogP contribution >= 0.6 is 11.6 Å². The Kier molecular flexibility index (Phi) is 5.64. The molecule has 0 saturated heterocycles. The second-order valence-corrected chi connectivity index (χ2v) is 3.81. The summed E-state index contributed by atoms with van der Waals surface area (Å²) in [6.07, 6.45) is 2.85. The number of alkyl halides is 1. The van der Waals surface area contributed by atoms with E-state index in [0.29, 0.717) is 18.1 Å². The maximum Gasteiger partial charge on any atom is 0.267 e. The molecular weight excluding hydrogens is 228 g/mol. The molecule has 5 heteroatoms. The first-order valence-electron chi connectivity index (χ1n) is 5.27. The zero-order valence-electron chi connectivity index (χ0n) is 8.96. The first-order valence-corrected chi connectivity index (χ1v) is 5.81. The van der Waals surface area contributed by atoms with Gasteiger partial charge >= 0.3 is 0 Å². The summed E-state index contributed by atoms with van der Waals surface area (Å²) in [5.41, 5.74) is 0.0274. The van der Waals surface area contributed by atoms with Crippen LogP contribution in [0.2, 0.25) is 0 Å². The van der Waals surface area contributed by atoms with Crippen molar-refractivity contribution in [2.75, 3.05) is 12.4 Å². The lowest BCUT2D eigenvalue weighted by atomic mass is 10.2. The topological polar surface area (TPSA) is 62.0 Å². The molecule has 1 amide bonds. The predicted molar refractivity (Wildman–Crippen MR) is 64.0 cm³/mol. The Morgan fingerprint density at radius 2 is 2.12 bits per heavy atom. The number of unbranched alkanes of at least 4 members (excludes halogenated alkanes) is 2. The zero-order chi connectivity index (χ0) is 11.8. The summed E-state index contributed by atoms with van der Waals surface area (Å²) in [5, 5.41) is 2.73. The molecular formula is C11H15ClN2O2. The number of aromatic nitrogens is 1. The predicted octanol–water partition coefficient (Wildman–Crippen LogP) is 1.51. The van der Waals surface area contributed by atoms with Gasteiger partial charge in [0, 0.05) is 18.5 Å². The molecule has 0 radical (unpaired) electrons. The number of hydrogen-bond donors (Lipinski definition) is 2. The summed E-state index contributed by atoms with van der Waals surface area (Å²) in [4.78, 5) is 25.0. The smallest absolute Gasteiger partial charge is 0.267 e. The van der Waals surface area contributed by atoms with Crippen molar-refractivity contribution in [3.8, 4) is 0 Å². The van der Waals surface area contributed by atoms with Gasteiger partial charge in [0.2, 0.25) is 5.56 Å². The maximum absolute atomic E-state index is 11.5. The molecule has 0 saturated carbocycles. The van der Waals surface area contributed by atoms with Gasteiger partial charge in [-0.3, -0.25) is 9.59 Å². The number of aromatic amines is 1. The van der Waals surface area contributed by atoms with Crippen LogP contribution in [-0.4, -0.2) is 23.3 Å². The summed E-state index contributed by atoms with van der Waals surface area (Å²) in [6.45, 7) is 0.604. The molecule has 88 valence electrons. The third-order valence-corrected chi connectivity index (χ3v) is 2.38. The first-order chi connectivity index (χ1) is 7.74. The van der Waals surface area contributed by atoms with Crippen molar-refractivity contribution in [3.63, 3.8) is 0 Å². The molecule has 16 heavy (non-hydrogen) atoms. The molecule has 1 aromatic heterocycles. The van der Waals surface area contributed by atoms with Crippen LogP contribution in [0.3, 0.4) is 0 Å². The van der Waals surface area contributed by atoms with Gasteiger partial charge in [-0.2, -0.15) is 0 Å². The van der Waals surface area contributed by atoms with Gasteiger partial charge in [0.15, 0.2) is 0 Å². The fourth-order valence-corrected chi connectivity index (χ4v) is 1.46. The minimum atomic E-state index is -0.269. The van der Waals surface area contributed by atoms with Crippen LogP contribution in [0.5, 0.6) is 0 Å². The van der Waals surface area contributed by atoms with E-state index in [1.807, 2.05) is 0 Å². The van der Waals surface area contributed by atoms with Gasteiger partial charge in [-0.25, -0.2) is 0 Å². The van der Waals surface area contributed by atoms with Crippen molar-refractivity contribution in [1.29, 1.82) is 0 Å². The van der Waals surface area contributed by atoms with Gasteiger partial charge in [0.05, 0.1) is 0 Å². The molecule has 1 aromatic rings. The van der Waals surface area contributed by atoms with Crippen LogP contribution in [0.4, 0.5) is 0 Å². The van der Waals surface area contributed by atoms with E-state index in [-0.39, 0.29) is 11.5 Å². The Morgan fingerprint density at radius 3 is 2.81 bits per heavy atom. The van der Waals surface area contributed by atoms with Gasteiger partial charge in [-0.1, -0.05) is 12.5 Å². The summed E-state index contributed by atoms with van der Waals surface area (Å²) in [7, 11) is 0. The van der Waals surface area contributed by atoms with Crippen molar-refractivity contribution in [2.45, 2.75) is 19.3 Å². The van der Waals surface area contributed by atoms with E-state index in [1.165, 1.54) is 6.07 Å². The average molecular weight is 243 g/mol. The van der Waals surface area contributed by atoms with Crippen LogP contribution in [0.1, 0.15) is 29.8 Å². The summed E-state index contributed by atoms with van der Waals surface area (Å²) < 4.78 is 0. The highest BCUT2D eigenvalue weighted by atomic mass is 35.5. The minimum Gasteiger partial charge on any atom is -0.351 e. The Labute approximate surface area is 99.0 Å². The number of nitrogens with one attached hydrogen (secondary N) is 2. The van der Waals surface area contributed by atoms with Crippen LogP contribution in [0, 0.1) is 0 Å². The summed E-state index contributed by atoms with van der Waals surface area (Å²) in [6, 6.07) is 4.51. The highest BCUT2D eigenvalue weighted by Crippen LogP contribution is 1.96. The zero-order valence-corrected chi connectivity index (χ0v) is 9.72. The second-order valence-electron chi connectivity index (χ2n) is 3.43. The van der Waals surface area contributed by atoms with Gasteiger partial charge in [-0.15, -0.1) is 11.6 Å². The summed E-state index contributed by atoms with van der Waals surface area (Å²) in [5.74, 6) is 0.406. The van der Waals surface area contributed by atoms with E-state index < -0.39 is 0 Å². The van der Waals surface area contributed by atoms with Gasteiger partial charge in [-0.05, 0) is 18.9 Å². The van der Waals surface area contributed by atoms with Gasteiger partial charge < -0.3 is 10.3 Å². The molecule has 0 atom stereocenters. The number of halogens is 1. The Hall–Kier alpha value is -1.29. The highest BCUT2D eigenvalue weighted by molar-refractivity contribution is 6.17. The van der Waals surface area contributed by atoms with Crippen molar-refractivity contribution in [1.82, 2.24) is 10.3 Å². The first kappa shape index (κ1) is 12.8. The van der Waals surface area contributed by atoms with Crippen molar-refractivity contribution in [3.05, 3.63) is 34.2 Å². The number of carbonyl (C=O) groups excluding carboxylic acids is 1. The van der Waals surface area contributed by atoms with E-state index in [9.17, 15) is 9.59 Å². The maximum atomic E-state index is 11.5. The molecule has 1 heterocycles. The molecule has 0 aliphatic rings. The van der Waals surface area contributed by atoms with E-state index in [0.717, 1.165) is 19.3 Å². The van der Waals surface area contributed by atoms with E-state index in [4.69, 9.17) is 11.6 Å². The van der Waals surface area contributed by atoms with Gasteiger partial charge in [0.25, 0.3) is 5.91 Å². The van der Waals surface area contributed by atoms with Crippen LogP contribution in [-0.2, 0) is 0 Å². The highest BCUT2D eigenvalue weighted by Gasteiger charge is 2.04. The number of hydrogen-bond acceptors (Lipinski definition) is 2. The average Bonchev–Trinajstić information content (AvgIpc) is 2.28. The molecule has 0 aliphatic heterocycles. The number of amides is 1. The molecule has 1 rings (SSSR count). The van der Waals surface area contributed by atoms with Crippen molar-refractivity contribution >= 4 is 17.5 Å². The largest absolute Gasteiger partial charge is 0.351 e. The monoisotopic (exact) mass is 242 g/mol. The fourth-order valence-electron chi connectivity index (χ4n) is 1.27. The summed E-state index contributed by atoms with van der Waals surface area (Å²) >= 11 is 5.53. The Balaban J connectivity index is 2.33. The van der Waals surface area contributed by atoms with Crippen molar-refractivity contribution in [2.24, 2.45) is 0 Å². The van der Waals surface area contributed by atoms with E-state index in [2.05, 4.69) is 10.3 Å². The third-order valence-electron chi connectivity index (χ3n) is 2.11. The molecule has 0 unspecified atom stereocenters. The van der Waals surface area contributed by atoms with E-state index >= 15 is 0 Å². The number of carbonyl (C=O) groups is 1. The molecule has 0 aliphatic carbocycles. The lowest BCUT2D eigenvalue weighted by Crippen LogP contribution is -2.27. The third kappa shape index (κ3) is 4.49. The Morgan fingerprint density at radius 1 is 1.31 bits per heavy atom. The number of H-pyrrole nitrogens is 1. The molecule has 2 N–H and O–H groups in total. The van der Waals surface area contributed by atoms with Crippen LogP contribution in [0.25, 0.3) is 0 Å². The molecule has 0 aromatic carbocycles. The molecule has 0 spiro atoms. The number of rotatable bonds is 6. The van der Waals surface area contributed by atoms with Crippen molar-refractivity contribution < 1.29 is 4.79 Å². The van der Waals surface area contributed by atoms with Gasteiger partial charge in [0.1, 0.15) is 5.69 Å².